The Labute approximate surface area is 327 Å². The molecule has 0 radical (unpaired) electrons. The summed E-state index contributed by atoms with van der Waals surface area (Å²) in [6.07, 6.45) is 9.16. The molecule has 0 atom stereocenters. The number of hydrogen-bond donors (Lipinski definition) is 0. The van der Waals surface area contributed by atoms with Crippen molar-refractivity contribution in [2.75, 3.05) is 26.4 Å². The minimum absolute atomic E-state index is 0.294. The fourth-order valence-electron chi connectivity index (χ4n) is 5.82. The van der Waals surface area contributed by atoms with Gasteiger partial charge in [0.1, 0.15) is 28.7 Å². The predicted octanol–water partition coefficient (Wildman–Crippen LogP) is 8.09. The van der Waals surface area contributed by atoms with Crippen LogP contribution in [-0.4, -0.2) is 56.3 Å². The highest BCUT2D eigenvalue weighted by Crippen LogP contribution is 2.32. The molecule has 0 unspecified atom stereocenters. The number of unbranched alkanes of at least 4 members (excludes halogenated alkanes) is 4. The number of esters is 5. The Morgan fingerprint density at radius 1 is 0.554 bits per heavy atom. The van der Waals surface area contributed by atoms with Crippen LogP contribution in [0.3, 0.4) is 0 Å². The summed E-state index contributed by atoms with van der Waals surface area (Å²) in [4.78, 5) is 60.8. The Morgan fingerprint density at radius 2 is 0.982 bits per heavy atom. The molecule has 56 heavy (non-hydrogen) atoms. The molecular formula is C44H50O12. The molecule has 0 heterocycles. The smallest absolute Gasteiger partial charge is 0.343 e. The molecule has 4 rings (SSSR count). The van der Waals surface area contributed by atoms with E-state index in [9.17, 15) is 24.0 Å². The highest BCUT2D eigenvalue weighted by Gasteiger charge is 2.32. The summed E-state index contributed by atoms with van der Waals surface area (Å²) >= 11 is 0. The average molecular weight is 771 g/mol. The van der Waals surface area contributed by atoms with Crippen LogP contribution in [0.2, 0.25) is 0 Å². The van der Waals surface area contributed by atoms with E-state index in [-0.39, 0.29) is 23.8 Å². The van der Waals surface area contributed by atoms with Crippen molar-refractivity contribution in [1.29, 1.82) is 0 Å². The maximum atomic E-state index is 13.0. The van der Waals surface area contributed by atoms with E-state index in [2.05, 4.69) is 13.2 Å². The maximum Gasteiger partial charge on any atom is 0.343 e. The zero-order valence-electron chi connectivity index (χ0n) is 31.9. The van der Waals surface area contributed by atoms with Gasteiger partial charge in [0.25, 0.3) is 0 Å². The van der Waals surface area contributed by atoms with E-state index in [0.29, 0.717) is 105 Å². The molecule has 0 saturated heterocycles. The van der Waals surface area contributed by atoms with E-state index in [1.54, 1.807) is 73.7 Å². The Morgan fingerprint density at radius 3 is 1.50 bits per heavy atom. The molecule has 1 saturated carbocycles. The number of hydrogen-bond acceptors (Lipinski definition) is 12. The molecule has 3 aromatic carbocycles. The molecule has 0 N–H and O–H groups in total. The largest absolute Gasteiger partial charge is 0.494 e. The number of aryl methyl sites for hydroxylation is 1. The third-order valence-electron chi connectivity index (χ3n) is 9.03. The number of carbonyl (C=O) groups excluding carboxylic acids is 5. The Bertz CT molecular complexity index is 1770. The van der Waals surface area contributed by atoms with E-state index in [1.807, 2.05) is 0 Å². The lowest BCUT2D eigenvalue weighted by atomic mass is 9.82. The molecule has 1 fully saturated rings. The molecule has 12 heteroatoms. The van der Waals surface area contributed by atoms with Crippen LogP contribution in [0.1, 0.15) is 80.1 Å². The van der Waals surface area contributed by atoms with Crippen molar-refractivity contribution in [3.63, 3.8) is 0 Å². The van der Waals surface area contributed by atoms with Crippen molar-refractivity contribution in [2.24, 2.45) is 11.8 Å². The lowest BCUT2D eigenvalue weighted by Gasteiger charge is -2.25. The van der Waals surface area contributed by atoms with Crippen LogP contribution in [0.4, 0.5) is 0 Å². The molecule has 3 aromatic rings. The fourth-order valence-corrected chi connectivity index (χ4v) is 5.82. The summed E-state index contributed by atoms with van der Waals surface area (Å²) in [6.45, 7) is 10.1. The molecule has 1 aliphatic rings. The summed E-state index contributed by atoms with van der Waals surface area (Å²) in [5.41, 5.74) is 0.958. The van der Waals surface area contributed by atoms with Crippen LogP contribution in [0.5, 0.6) is 28.7 Å². The first kappa shape index (κ1) is 42.8. The number of carbonyl (C=O) groups is 5. The minimum Gasteiger partial charge on any atom is -0.494 e. The lowest BCUT2D eigenvalue weighted by Crippen LogP contribution is -2.30. The monoisotopic (exact) mass is 770 g/mol. The highest BCUT2D eigenvalue weighted by molar-refractivity contribution is 5.91. The first-order chi connectivity index (χ1) is 27.1. The summed E-state index contributed by atoms with van der Waals surface area (Å²) < 4.78 is 38.2. The molecular weight excluding hydrogens is 720 g/mol. The minimum atomic E-state index is -0.545. The summed E-state index contributed by atoms with van der Waals surface area (Å²) in [6, 6.07) is 18.3. The average Bonchev–Trinajstić information content (AvgIpc) is 3.21. The molecule has 298 valence electrons. The van der Waals surface area contributed by atoms with Crippen molar-refractivity contribution in [1.82, 2.24) is 0 Å². The molecule has 1 aliphatic carbocycles. The number of ether oxygens (including phenoxy) is 7. The second-order valence-electron chi connectivity index (χ2n) is 13.3. The van der Waals surface area contributed by atoms with E-state index in [1.165, 1.54) is 0 Å². The van der Waals surface area contributed by atoms with Crippen molar-refractivity contribution < 1.29 is 57.1 Å². The maximum absolute atomic E-state index is 13.0. The zero-order chi connectivity index (χ0) is 40.1. The van der Waals surface area contributed by atoms with Crippen LogP contribution < -0.4 is 23.7 Å². The third kappa shape index (κ3) is 14.7. The van der Waals surface area contributed by atoms with Gasteiger partial charge < -0.3 is 33.2 Å². The van der Waals surface area contributed by atoms with Gasteiger partial charge in [0.2, 0.25) is 0 Å². The Balaban J connectivity index is 1.12. The second-order valence-corrected chi connectivity index (χ2v) is 13.3. The SMILES string of the molecule is C=CC(=O)OCCCCCCOc1ccc(OC(=O)C2CCC(C(=O)Oc3ccc(OC(=O)c4ccc(OCCCCOC(=O)C=C)cc4)c(C)c3)CC2)cc1. The second kappa shape index (κ2) is 23.1. The van der Waals surface area contributed by atoms with Gasteiger partial charge in [-0.15, -0.1) is 0 Å². The molecule has 0 amide bonds. The molecule has 0 spiro atoms. The van der Waals surface area contributed by atoms with Gasteiger partial charge in [0, 0.05) is 12.2 Å². The highest BCUT2D eigenvalue weighted by atomic mass is 16.6. The van der Waals surface area contributed by atoms with Gasteiger partial charge in [-0.1, -0.05) is 13.2 Å². The summed E-state index contributed by atoms with van der Waals surface area (Å²) in [5.74, 6) is -0.391. The van der Waals surface area contributed by atoms with Gasteiger partial charge in [0.05, 0.1) is 43.8 Å². The molecule has 0 aliphatic heterocycles. The van der Waals surface area contributed by atoms with Gasteiger partial charge in [-0.2, -0.15) is 0 Å². The molecule has 0 aromatic heterocycles. The summed E-state index contributed by atoms with van der Waals surface area (Å²) in [7, 11) is 0. The fraction of sp³-hybridized carbons (Fsp3) is 0.386. The van der Waals surface area contributed by atoms with Crippen molar-refractivity contribution >= 4 is 29.8 Å². The topological polar surface area (TPSA) is 150 Å². The van der Waals surface area contributed by atoms with Crippen LogP contribution in [0.25, 0.3) is 0 Å². The standard InChI is InChI=1S/C44H50O12/c1-4-40(45)52-28-9-7-6-8-26-50-36-20-22-37(23-21-36)54-42(47)32-12-14-33(15-13-32)43(48)55-38-24-25-39(31(3)30-38)56-44(49)34-16-18-35(19-17-34)51-27-10-11-29-53-41(46)5-2/h4-5,16-25,30,32-33H,1-2,6-15,26-29H2,3H3. The summed E-state index contributed by atoms with van der Waals surface area (Å²) in [5, 5.41) is 0. The van der Waals surface area contributed by atoms with E-state index >= 15 is 0 Å². The van der Waals surface area contributed by atoms with E-state index < -0.39 is 17.9 Å². The van der Waals surface area contributed by atoms with Gasteiger partial charge in [0.15, 0.2) is 0 Å². The van der Waals surface area contributed by atoms with Gasteiger partial charge in [-0.05, 0) is 143 Å². The van der Waals surface area contributed by atoms with Crippen molar-refractivity contribution in [3.8, 4) is 28.7 Å². The van der Waals surface area contributed by atoms with Crippen molar-refractivity contribution in [3.05, 3.63) is 103 Å². The first-order valence-corrected chi connectivity index (χ1v) is 19.0. The quantitative estimate of drug-likeness (QED) is 0.0421. The lowest BCUT2D eigenvalue weighted by molar-refractivity contribution is -0.145. The van der Waals surface area contributed by atoms with Crippen LogP contribution in [-0.2, 0) is 28.7 Å². The van der Waals surface area contributed by atoms with Gasteiger partial charge in [-0.25, -0.2) is 14.4 Å². The van der Waals surface area contributed by atoms with Crippen LogP contribution in [0, 0.1) is 18.8 Å². The number of benzene rings is 3. The van der Waals surface area contributed by atoms with Crippen LogP contribution in [0.15, 0.2) is 92.0 Å². The molecule has 0 bridgehead atoms. The normalized spacial score (nSPS) is 14.7. The van der Waals surface area contributed by atoms with E-state index in [0.717, 1.165) is 37.8 Å². The third-order valence-corrected chi connectivity index (χ3v) is 9.03. The van der Waals surface area contributed by atoms with Gasteiger partial charge >= 0.3 is 29.8 Å². The van der Waals surface area contributed by atoms with Crippen molar-refractivity contribution in [2.45, 2.75) is 71.1 Å². The first-order valence-electron chi connectivity index (χ1n) is 19.0. The van der Waals surface area contributed by atoms with Gasteiger partial charge in [-0.3, -0.25) is 9.59 Å². The predicted molar refractivity (Wildman–Crippen MR) is 207 cm³/mol. The molecule has 12 nitrogen and oxygen atoms in total. The van der Waals surface area contributed by atoms with Crippen LogP contribution >= 0.6 is 0 Å². The van der Waals surface area contributed by atoms with E-state index in [4.69, 9.17) is 33.2 Å². The Kier molecular flexibility index (Phi) is 17.7. The Hall–Kier alpha value is -5.91. The number of rotatable bonds is 22. The zero-order valence-corrected chi connectivity index (χ0v) is 31.9.